The maximum atomic E-state index is 11.3. The second-order valence-corrected chi connectivity index (χ2v) is 3.53. The van der Waals surface area contributed by atoms with Crippen molar-refractivity contribution in [2.45, 2.75) is 0 Å². The molecule has 15 heavy (non-hydrogen) atoms. The van der Waals surface area contributed by atoms with Crippen molar-refractivity contribution in [1.29, 1.82) is 0 Å². The molecule has 0 aromatic heterocycles. The standard InChI is InChI=1S/C10H10Cl2N2O/c1-2-6-13-10(15)14-9-7(11)4-3-5-8(9)12/h2-5H,1,6H2,(H2,13,14,15). The van der Waals surface area contributed by atoms with E-state index >= 15 is 0 Å². The number of anilines is 1. The van der Waals surface area contributed by atoms with Crippen LogP contribution in [-0.4, -0.2) is 12.6 Å². The third-order valence-corrected chi connectivity index (χ3v) is 2.24. The Labute approximate surface area is 98.1 Å². The molecule has 2 N–H and O–H groups in total. The molecule has 5 heteroatoms. The van der Waals surface area contributed by atoms with Gasteiger partial charge in [-0.25, -0.2) is 4.79 Å². The minimum Gasteiger partial charge on any atom is -0.334 e. The molecule has 0 aliphatic rings. The molecule has 1 aromatic carbocycles. The van der Waals surface area contributed by atoms with Gasteiger partial charge < -0.3 is 10.6 Å². The summed E-state index contributed by atoms with van der Waals surface area (Å²) in [6.45, 7) is 3.86. The zero-order valence-corrected chi connectivity index (χ0v) is 9.40. The summed E-state index contributed by atoms with van der Waals surface area (Å²) in [5.74, 6) is 0. The van der Waals surface area contributed by atoms with Gasteiger partial charge >= 0.3 is 6.03 Å². The van der Waals surface area contributed by atoms with Crippen LogP contribution in [0.25, 0.3) is 0 Å². The van der Waals surface area contributed by atoms with Crippen molar-refractivity contribution in [2.24, 2.45) is 0 Å². The summed E-state index contributed by atoms with van der Waals surface area (Å²) in [6.07, 6.45) is 1.58. The van der Waals surface area contributed by atoms with Crippen LogP contribution < -0.4 is 10.6 Å². The van der Waals surface area contributed by atoms with Gasteiger partial charge in [-0.1, -0.05) is 35.3 Å². The van der Waals surface area contributed by atoms with Crippen LogP contribution in [0.1, 0.15) is 0 Å². The molecule has 0 unspecified atom stereocenters. The largest absolute Gasteiger partial charge is 0.334 e. The highest BCUT2D eigenvalue weighted by Crippen LogP contribution is 2.29. The van der Waals surface area contributed by atoms with Gasteiger partial charge in [-0.2, -0.15) is 0 Å². The summed E-state index contributed by atoms with van der Waals surface area (Å²) in [7, 11) is 0. The summed E-state index contributed by atoms with van der Waals surface area (Å²) < 4.78 is 0. The number of para-hydroxylation sites is 1. The van der Waals surface area contributed by atoms with Crippen LogP contribution in [0.3, 0.4) is 0 Å². The number of carbonyl (C=O) groups is 1. The van der Waals surface area contributed by atoms with E-state index in [0.29, 0.717) is 22.3 Å². The van der Waals surface area contributed by atoms with Crippen LogP contribution >= 0.6 is 23.2 Å². The number of benzene rings is 1. The van der Waals surface area contributed by atoms with Gasteiger partial charge in [-0.15, -0.1) is 6.58 Å². The van der Waals surface area contributed by atoms with E-state index in [1.807, 2.05) is 0 Å². The van der Waals surface area contributed by atoms with E-state index in [1.165, 1.54) is 0 Å². The summed E-state index contributed by atoms with van der Waals surface area (Å²) in [4.78, 5) is 11.3. The number of amides is 2. The second kappa shape index (κ2) is 5.63. The quantitative estimate of drug-likeness (QED) is 0.788. The minimum absolute atomic E-state index is 0.370. The van der Waals surface area contributed by atoms with Crippen LogP contribution in [0, 0.1) is 0 Å². The Bertz CT molecular complexity index is 359. The Morgan fingerprint density at radius 2 is 2.00 bits per heavy atom. The first kappa shape index (κ1) is 11.9. The average Bonchev–Trinajstić information content (AvgIpc) is 2.21. The van der Waals surface area contributed by atoms with Gasteiger partial charge in [0.1, 0.15) is 0 Å². The Morgan fingerprint density at radius 3 is 2.53 bits per heavy atom. The van der Waals surface area contributed by atoms with Crippen molar-refractivity contribution < 1.29 is 4.79 Å². The highest BCUT2D eigenvalue weighted by atomic mass is 35.5. The van der Waals surface area contributed by atoms with Gasteiger partial charge in [0.15, 0.2) is 0 Å². The van der Waals surface area contributed by atoms with Gasteiger partial charge in [-0.05, 0) is 12.1 Å². The normalized spacial score (nSPS) is 9.47. The maximum absolute atomic E-state index is 11.3. The lowest BCUT2D eigenvalue weighted by Crippen LogP contribution is -2.28. The molecule has 0 aliphatic heterocycles. The lowest BCUT2D eigenvalue weighted by atomic mass is 10.3. The highest BCUT2D eigenvalue weighted by molar-refractivity contribution is 6.39. The van der Waals surface area contributed by atoms with Gasteiger partial charge in [0.2, 0.25) is 0 Å². The topological polar surface area (TPSA) is 41.1 Å². The van der Waals surface area contributed by atoms with Crippen molar-refractivity contribution in [3.05, 3.63) is 40.9 Å². The fourth-order valence-corrected chi connectivity index (χ4v) is 1.43. The van der Waals surface area contributed by atoms with Crippen LogP contribution in [0.15, 0.2) is 30.9 Å². The average molecular weight is 245 g/mol. The summed E-state index contributed by atoms with van der Waals surface area (Å²) in [5.41, 5.74) is 0.405. The van der Waals surface area contributed by atoms with Crippen molar-refractivity contribution in [3.63, 3.8) is 0 Å². The third kappa shape index (κ3) is 3.46. The van der Waals surface area contributed by atoms with Gasteiger partial charge in [-0.3, -0.25) is 0 Å². The maximum Gasteiger partial charge on any atom is 0.319 e. The molecule has 0 atom stereocenters. The number of hydrogen-bond donors (Lipinski definition) is 2. The summed E-state index contributed by atoms with van der Waals surface area (Å²) >= 11 is 11.7. The first-order valence-corrected chi connectivity index (χ1v) is 5.00. The van der Waals surface area contributed by atoms with E-state index in [2.05, 4.69) is 17.2 Å². The molecule has 0 radical (unpaired) electrons. The number of nitrogens with one attached hydrogen (secondary N) is 2. The van der Waals surface area contributed by atoms with Crippen LogP contribution in [0.5, 0.6) is 0 Å². The summed E-state index contributed by atoms with van der Waals surface area (Å²) in [5, 5.41) is 5.90. The molecule has 0 saturated carbocycles. The molecular formula is C10H10Cl2N2O. The van der Waals surface area contributed by atoms with Crippen molar-refractivity contribution in [2.75, 3.05) is 11.9 Å². The van der Waals surface area contributed by atoms with Crippen molar-refractivity contribution in [3.8, 4) is 0 Å². The van der Waals surface area contributed by atoms with E-state index in [-0.39, 0.29) is 6.03 Å². The fraction of sp³-hybridized carbons (Fsp3) is 0.100. The number of carbonyl (C=O) groups excluding carboxylic acids is 1. The van der Waals surface area contributed by atoms with Gasteiger partial charge in [0.05, 0.1) is 15.7 Å². The molecule has 0 fully saturated rings. The highest BCUT2D eigenvalue weighted by Gasteiger charge is 2.07. The molecule has 0 saturated heterocycles. The van der Waals surface area contributed by atoms with Crippen LogP contribution in [0.2, 0.25) is 10.0 Å². The predicted octanol–water partition coefficient (Wildman–Crippen LogP) is 3.30. The van der Waals surface area contributed by atoms with Crippen molar-refractivity contribution in [1.82, 2.24) is 5.32 Å². The summed E-state index contributed by atoms with van der Waals surface area (Å²) in [6, 6.07) is 4.63. The molecule has 0 bridgehead atoms. The van der Waals surface area contributed by atoms with E-state index in [9.17, 15) is 4.79 Å². The molecule has 2 amide bonds. The van der Waals surface area contributed by atoms with Crippen molar-refractivity contribution >= 4 is 34.9 Å². The van der Waals surface area contributed by atoms with Crippen LogP contribution in [-0.2, 0) is 0 Å². The van der Waals surface area contributed by atoms with E-state index < -0.39 is 0 Å². The number of halogens is 2. The van der Waals surface area contributed by atoms with E-state index in [0.717, 1.165) is 0 Å². The Morgan fingerprint density at radius 1 is 1.40 bits per heavy atom. The van der Waals surface area contributed by atoms with Crippen LogP contribution in [0.4, 0.5) is 10.5 Å². The lowest BCUT2D eigenvalue weighted by Gasteiger charge is -2.09. The fourth-order valence-electron chi connectivity index (χ4n) is 0.940. The molecule has 0 heterocycles. The molecule has 0 aliphatic carbocycles. The molecular weight excluding hydrogens is 235 g/mol. The first-order chi connectivity index (χ1) is 7.15. The number of hydrogen-bond acceptors (Lipinski definition) is 1. The molecule has 1 aromatic rings. The van der Waals surface area contributed by atoms with E-state index in [4.69, 9.17) is 23.2 Å². The Kier molecular flexibility index (Phi) is 4.46. The Hall–Kier alpha value is -1.19. The van der Waals surface area contributed by atoms with E-state index in [1.54, 1.807) is 24.3 Å². The van der Waals surface area contributed by atoms with Gasteiger partial charge in [0, 0.05) is 6.54 Å². The predicted molar refractivity (Wildman–Crippen MR) is 63.7 cm³/mol. The second-order valence-electron chi connectivity index (χ2n) is 2.72. The lowest BCUT2D eigenvalue weighted by molar-refractivity contribution is 0.253. The monoisotopic (exact) mass is 244 g/mol. The Balaban J connectivity index is 2.71. The molecule has 0 spiro atoms. The number of urea groups is 1. The smallest absolute Gasteiger partial charge is 0.319 e. The molecule has 80 valence electrons. The third-order valence-electron chi connectivity index (χ3n) is 1.61. The minimum atomic E-state index is -0.370. The zero-order valence-electron chi connectivity index (χ0n) is 7.89. The van der Waals surface area contributed by atoms with Gasteiger partial charge in [0.25, 0.3) is 0 Å². The SMILES string of the molecule is C=CCNC(=O)Nc1c(Cl)cccc1Cl. The zero-order chi connectivity index (χ0) is 11.3. The number of rotatable bonds is 3. The molecule has 3 nitrogen and oxygen atoms in total. The first-order valence-electron chi connectivity index (χ1n) is 4.25. The molecule has 1 rings (SSSR count).